The SMILES string of the molecule is C=C.C=c1ccc2ccc3cccc4c3c2c1=C4C.CC.CC. The zero-order valence-corrected chi connectivity index (χ0v) is 15.2. The van der Waals surface area contributed by atoms with Crippen LogP contribution in [0.2, 0.25) is 0 Å². The van der Waals surface area contributed by atoms with E-state index in [2.05, 4.69) is 69.1 Å². The van der Waals surface area contributed by atoms with Crippen molar-refractivity contribution in [3.05, 3.63) is 71.6 Å². The van der Waals surface area contributed by atoms with Crippen LogP contribution in [0.15, 0.2) is 55.6 Å². The van der Waals surface area contributed by atoms with Gasteiger partial charge in [0.25, 0.3) is 0 Å². The van der Waals surface area contributed by atoms with E-state index in [0.717, 1.165) is 5.22 Å². The van der Waals surface area contributed by atoms with Gasteiger partial charge in [-0.3, -0.25) is 0 Å². The highest BCUT2D eigenvalue weighted by molar-refractivity contribution is 6.16. The lowest BCUT2D eigenvalue weighted by Gasteiger charge is -2.03. The van der Waals surface area contributed by atoms with Gasteiger partial charge in [-0.1, -0.05) is 76.7 Å². The molecule has 120 valence electrons. The van der Waals surface area contributed by atoms with E-state index in [0.29, 0.717) is 0 Å². The first-order valence-electron chi connectivity index (χ1n) is 8.42. The van der Waals surface area contributed by atoms with Gasteiger partial charge in [0.15, 0.2) is 0 Å². The number of hydrogen-bond acceptors (Lipinski definition) is 0. The first-order chi connectivity index (χ1) is 11.3. The lowest BCUT2D eigenvalue weighted by atomic mass is 10.0. The predicted octanol–water partition coefficient (Wildman–Crippen LogP) is 5.79. The molecule has 23 heavy (non-hydrogen) atoms. The van der Waals surface area contributed by atoms with Crippen molar-refractivity contribution >= 4 is 33.7 Å². The van der Waals surface area contributed by atoms with E-state index in [1.165, 1.54) is 37.9 Å². The monoisotopic (exact) mass is 304 g/mol. The summed E-state index contributed by atoms with van der Waals surface area (Å²) in [5.41, 5.74) is 2.74. The topological polar surface area (TPSA) is 0 Å². The highest BCUT2D eigenvalue weighted by Crippen LogP contribution is 2.32. The maximum atomic E-state index is 4.18. The molecule has 0 saturated heterocycles. The van der Waals surface area contributed by atoms with Crippen molar-refractivity contribution in [2.45, 2.75) is 34.6 Å². The second kappa shape index (κ2) is 8.33. The van der Waals surface area contributed by atoms with Gasteiger partial charge in [0.05, 0.1) is 0 Å². The highest BCUT2D eigenvalue weighted by atomic mass is 14.2. The molecule has 0 N–H and O–H groups in total. The van der Waals surface area contributed by atoms with Gasteiger partial charge < -0.3 is 0 Å². The summed E-state index contributed by atoms with van der Waals surface area (Å²) in [6.45, 7) is 20.4. The van der Waals surface area contributed by atoms with Crippen LogP contribution in [0.25, 0.3) is 33.7 Å². The largest absolute Gasteiger partial charge is 0.106 e. The van der Waals surface area contributed by atoms with Gasteiger partial charge in [-0.15, -0.1) is 13.2 Å². The van der Waals surface area contributed by atoms with Crippen molar-refractivity contribution < 1.29 is 0 Å². The first-order valence-corrected chi connectivity index (χ1v) is 8.42. The summed E-state index contributed by atoms with van der Waals surface area (Å²) in [7, 11) is 0. The molecule has 3 aromatic carbocycles. The van der Waals surface area contributed by atoms with Crippen LogP contribution in [0, 0.1) is 0 Å². The standard InChI is InChI=1S/C17H12.2C2H6.C2H4/c1-10-6-7-13-9-8-12-4-3-5-14-11(2)15(10)17(13)16(12)14;3*1-2/h3-9H,1H2,2H3;2*1-2H3;1-2H2. The summed E-state index contributed by atoms with van der Waals surface area (Å²) in [5.74, 6) is 0. The summed E-state index contributed by atoms with van der Waals surface area (Å²) in [5, 5.41) is 7.93. The molecule has 0 aliphatic heterocycles. The van der Waals surface area contributed by atoms with Crippen molar-refractivity contribution in [2.24, 2.45) is 0 Å². The van der Waals surface area contributed by atoms with E-state index in [1.807, 2.05) is 27.7 Å². The molecule has 0 nitrogen and oxygen atoms in total. The molecular weight excluding hydrogens is 276 g/mol. The summed E-state index contributed by atoms with van der Waals surface area (Å²) in [6.07, 6.45) is 0. The minimum atomic E-state index is 1.14. The third kappa shape index (κ3) is 2.94. The second-order valence-corrected chi connectivity index (χ2v) is 4.79. The van der Waals surface area contributed by atoms with Crippen molar-refractivity contribution in [1.82, 2.24) is 0 Å². The molecule has 0 saturated carbocycles. The van der Waals surface area contributed by atoms with Gasteiger partial charge in [-0.05, 0) is 50.0 Å². The van der Waals surface area contributed by atoms with Gasteiger partial charge in [0.2, 0.25) is 0 Å². The molecule has 1 aliphatic rings. The Morgan fingerprint density at radius 1 is 0.696 bits per heavy atom. The lowest BCUT2D eigenvalue weighted by Crippen LogP contribution is -2.23. The smallest absolute Gasteiger partial charge is 0.00180 e. The van der Waals surface area contributed by atoms with Crippen molar-refractivity contribution in [1.29, 1.82) is 0 Å². The van der Waals surface area contributed by atoms with Gasteiger partial charge >= 0.3 is 0 Å². The normalized spacial score (nSPS) is 10.4. The minimum Gasteiger partial charge on any atom is -0.106 e. The fraction of sp³-hybridized carbons (Fsp3) is 0.217. The Hall–Kier alpha value is -2.34. The molecule has 0 heteroatoms. The average Bonchev–Trinajstić information content (AvgIpc) is 2.95. The Balaban J connectivity index is 0.000000400. The number of hydrogen-bond donors (Lipinski definition) is 0. The molecule has 0 bridgehead atoms. The highest BCUT2D eigenvalue weighted by Gasteiger charge is 2.15. The van der Waals surface area contributed by atoms with Gasteiger partial charge in [-0.2, -0.15) is 0 Å². The molecule has 0 aromatic heterocycles. The van der Waals surface area contributed by atoms with E-state index < -0.39 is 0 Å². The molecule has 0 heterocycles. The molecule has 4 rings (SSSR count). The minimum absolute atomic E-state index is 1.14. The maximum absolute atomic E-state index is 4.18. The maximum Gasteiger partial charge on any atom is -0.00180 e. The van der Waals surface area contributed by atoms with E-state index in [1.54, 1.807) is 0 Å². The predicted molar refractivity (Wildman–Crippen MR) is 108 cm³/mol. The Bertz CT molecular complexity index is 914. The van der Waals surface area contributed by atoms with Crippen LogP contribution >= 0.6 is 0 Å². The van der Waals surface area contributed by atoms with Crippen LogP contribution in [-0.2, 0) is 0 Å². The molecule has 1 aliphatic carbocycles. The molecule has 0 unspecified atom stereocenters. The number of benzene rings is 3. The number of rotatable bonds is 0. The Labute approximate surface area is 140 Å². The van der Waals surface area contributed by atoms with E-state index in [4.69, 9.17) is 0 Å². The van der Waals surface area contributed by atoms with Crippen LogP contribution in [0.4, 0.5) is 0 Å². The molecule has 0 spiro atoms. The second-order valence-electron chi connectivity index (χ2n) is 4.79. The third-order valence-corrected chi connectivity index (χ3v) is 3.89. The van der Waals surface area contributed by atoms with Crippen molar-refractivity contribution in [3.63, 3.8) is 0 Å². The molecular formula is C23H28. The summed E-state index contributed by atoms with van der Waals surface area (Å²) in [6, 6.07) is 15.3. The Morgan fingerprint density at radius 2 is 1.22 bits per heavy atom. The van der Waals surface area contributed by atoms with Gasteiger partial charge in [0.1, 0.15) is 0 Å². The van der Waals surface area contributed by atoms with Crippen LogP contribution < -0.4 is 10.4 Å². The van der Waals surface area contributed by atoms with E-state index in [-0.39, 0.29) is 0 Å². The van der Waals surface area contributed by atoms with Crippen molar-refractivity contribution in [3.8, 4) is 0 Å². The molecule has 0 atom stereocenters. The fourth-order valence-electron chi connectivity index (χ4n) is 3.11. The molecule has 0 radical (unpaired) electrons. The van der Waals surface area contributed by atoms with Crippen molar-refractivity contribution in [2.75, 3.05) is 0 Å². The quantitative estimate of drug-likeness (QED) is 0.364. The Kier molecular flexibility index (Phi) is 6.78. The Morgan fingerprint density at radius 3 is 1.83 bits per heavy atom. The van der Waals surface area contributed by atoms with Crippen LogP contribution in [0.3, 0.4) is 0 Å². The molecule has 0 amide bonds. The third-order valence-electron chi connectivity index (χ3n) is 3.89. The first kappa shape index (κ1) is 18.7. The summed E-state index contributed by atoms with van der Waals surface area (Å²) in [4.78, 5) is 0. The van der Waals surface area contributed by atoms with Crippen LogP contribution in [-0.4, -0.2) is 0 Å². The summed E-state index contributed by atoms with van der Waals surface area (Å²) >= 11 is 0. The average molecular weight is 304 g/mol. The van der Waals surface area contributed by atoms with E-state index in [9.17, 15) is 0 Å². The molecule has 0 fully saturated rings. The zero-order chi connectivity index (χ0) is 17.6. The lowest BCUT2D eigenvalue weighted by molar-refractivity contribution is 1.50. The van der Waals surface area contributed by atoms with Gasteiger partial charge in [0, 0.05) is 0 Å². The van der Waals surface area contributed by atoms with E-state index >= 15 is 0 Å². The zero-order valence-electron chi connectivity index (χ0n) is 15.2. The van der Waals surface area contributed by atoms with Gasteiger partial charge in [-0.25, -0.2) is 0 Å². The van der Waals surface area contributed by atoms with Crippen LogP contribution in [0.5, 0.6) is 0 Å². The fourth-order valence-corrected chi connectivity index (χ4v) is 3.11. The van der Waals surface area contributed by atoms with Crippen LogP contribution in [0.1, 0.15) is 40.2 Å². The summed E-state index contributed by atoms with van der Waals surface area (Å²) < 4.78 is 0. The molecule has 3 aromatic rings.